The van der Waals surface area contributed by atoms with Crippen molar-refractivity contribution in [1.29, 1.82) is 0 Å². The van der Waals surface area contributed by atoms with Gasteiger partial charge in [0.15, 0.2) is 0 Å². The number of carboxylic acids is 1. The smallest absolute Gasteiger partial charge is 0.336 e. The van der Waals surface area contributed by atoms with Crippen molar-refractivity contribution in [2.75, 3.05) is 6.61 Å². The lowest BCUT2D eigenvalue weighted by molar-refractivity contribution is -0.134. The monoisotopic (exact) mass is 574 g/mol. The lowest BCUT2D eigenvalue weighted by Crippen LogP contribution is -1.93. The van der Waals surface area contributed by atoms with Crippen molar-refractivity contribution in [3.8, 4) is 0 Å². The average molecular weight is 575 g/mol. The molecule has 0 amide bonds. The molecule has 220 valence electrons. The van der Waals surface area contributed by atoms with Gasteiger partial charge in [-0.25, -0.2) is 14.4 Å². The first kappa shape index (κ1) is 34.7. The second-order valence-electron chi connectivity index (χ2n) is 7.71. The fourth-order valence-corrected chi connectivity index (χ4v) is 3.03. The van der Waals surface area contributed by atoms with Crippen LogP contribution in [0.3, 0.4) is 0 Å². The molecule has 0 aliphatic heterocycles. The fourth-order valence-electron chi connectivity index (χ4n) is 3.03. The van der Waals surface area contributed by atoms with E-state index in [0.717, 1.165) is 23.1 Å². The van der Waals surface area contributed by atoms with Crippen LogP contribution >= 0.6 is 0 Å². The molecule has 42 heavy (non-hydrogen) atoms. The van der Waals surface area contributed by atoms with Crippen molar-refractivity contribution < 1.29 is 28.3 Å². The first-order chi connectivity index (χ1) is 20.2. The van der Waals surface area contributed by atoms with Gasteiger partial charge in [0.1, 0.15) is 16.7 Å². The number of hydrogen-bond acceptors (Lipinski definition) is 8. The molecule has 0 atom stereocenters. The summed E-state index contributed by atoms with van der Waals surface area (Å²) in [5, 5.41) is 17.8. The molecule has 0 unspecified atom stereocenters. The van der Waals surface area contributed by atoms with Crippen LogP contribution in [-0.4, -0.2) is 22.8 Å². The summed E-state index contributed by atoms with van der Waals surface area (Å²) >= 11 is 0. The SMILES string of the molecule is CC.CC(=O)O.CCO.O=c1ccc2ccccc2o1.O=c1ccc2ccccc2o1.O=c1ccc2ccccc2o1. The molecule has 0 aliphatic carbocycles. The van der Waals surface area contributed by atoms with Gasteiger partial charge in [0.2, 0.25) is 0 Å². The van der Waals surface area contributed by atoms with E-state index in [0.29, 0.717) is 16.7 Å². The van der Waals surface area contributed by atoms with E-state index >= 15 is 0 Å². The van der Waals surface area contributed by atoms with Gasteiger partial charge in [-0.05, 0) is 43.3 Å². The zero-order chi connectivity index (χ0) is 31.3. The van der Waals surface area contributed by atoms with E-state index in [2.05, 4.69) is 0 Å². The Hall–Kier alpha value is -5.28. The number of carboxylic acid groups (broad SMARTS) is 1. The summed E-state index contributed by atoms with van der Waals surface area (Å²) in [5.74, 6) is -0.833. The number of aliphatic hydroxyl groups is 1. The summed E-state index contributed by atoms with van der Waals surface area (Å²) in [5.41, 5.74) is 1.01. The van der Waals surface area contributed by atoms with E-state index in [9.17, 15) is 14.4 Å². The summed E-state index contributed by atoms with van der Waals surface area (Å²) in [6.45, 7) is 7.01. The third-order valence-corrected chi connectivity index (χ3v) is 4.59. The van der Waals surface area contributed by atoms with Crippen molar-refractivity contribution in [2.45, 2.75) is 27.7 Å². The van der Waals surface area contributed by atoms with Crippen molar-refractivity contribution in [1.82, 2.24) is 0 Å². The minimum atomic E-state index is -0.833. The number of rotatable bonds is 0. The predicted octanol–water partition coefficient (Wildman–Crippen LogP) is 6.49. The van der Waals surface area contributed by atoms with E-state index in [1.165, 1.54) is 18.2 Å². The first-order valence-electron chi connectivity index (χ1n) is 13.0. The fraction of sp³-hybridized carbons (Fsp3) is 0.152. The molecule has 3 aromatic heterocycles. The van der Waals surface area contributed by atoms with Crippen molar-refractivity contribution >= 4 is 38.9 Å². The van der Waals surface area contributed by atoms with Crippen LogP contribution in [0.4, 0.5) is 0 Å². The summed E-state index contributed by atoms with van der Waals surface area (Å²) in [6.07, 6.45) is 0. The third kappa shape index (κ3) is 13.2. The van der Waals surface area contributed by atoms with Crippen LogP contribution < -0.4 is 16.9 Å². The van der Waals surface area contributed by atoms with Crippen LogP contribution in [0.25, 0.3) is 32.9 Å². The summed E-state index contributed by atoms with van der Waals surface area (Å²) in [6, 6.07) is 31.8. The molecule has 0 saturated carbocycles. The molecule has 6 aromatic rings. The number of benzene rings is 3. The Morgan fingerprint density at radius 1 is 0.548 bits per heavy atom. The van der Waals surface area contributed by atoms with Gasteiger partial charge >= 0.3 is 16.9 Å². The Morgan fingerprint density at radius 3 is 1.00 bits per heavy atom. The summed E-state index contributed by atoms with van der Waals surface area (Å²) in [4.78, 5) is 41.2. The van der Waals surface area contributed by atoms with Crippen LogP contribution in [0, 0.1) is 0 Å². The zero-order valence-corrected chi connectivity index (χ0v) is 23.9. The van der Waals surface area contributed by atoms with E-state index in [1.807, 2.05) is 68.4 Å². The Labute approximate surface area is 241 Å². The lowest BCUT2D eigenvalue weighted by Gasteiger charge is -1.91. The average Bonchev–Trinajstić information content (AvgIpc) is 2.99. The van der Waals surface area contributed by atoms with Gasteiger partial charge in [-0.2, -0.15) is 0 Å². The molecule has 0 aliphatic rings. The van der Waals surface area contributed by atoms with Crippen LogP contribution in [-0.2, 0) is 4.79 Å². The van der Waals surface area contributed by atoms with Gasteiger partial charge in [-0.3, -0.25) is 4.79 Å². The maximum absolute atomic E-state index is 10.7. The molecule has 0 bridgehead atoms. The highest BCUT2D eigenvalue weighted by Crippen LogP contribution is 2.10. The van der Waals surface area contributed by atoms with E-state index in [1.54, 1.807) is 43.3 Å². The number of fused-ring (bicyclic) bond motifs is 3. The first-order valence-corrected chi connectivity index (χ1v) is 13.0. The minimum absolute atomic E-state index is 0.250. The van der Waals surface area contributed by atoms with Crippen LogP contribution in [0.1, 0.15) is 27.7 Å². The Balaban J connectivity index is 0.000000276. The molecule has 3 aromatic carbocycles. The summed E-state index contributed by atoms with van der Waals surface area (Å²) in [7, 11) is 0. The summed E-state index contributed by atoms with van der Waals surface area (Å²) < 4.78 is 14.7. The van der Waals surface area contributed by atoms with E-state index in [-0.39, 0.29) is 23.5 Å². The van der Waals surface area contributed by atoms with Crippen molar-refractivity contribution in [3.63, 3.8) is 0 Å². The van der Waals surface area contributed by atoms with Gasteiger partial charge in [-0.15, -0.1) is 0 Å². The van der Waals surface area contributed by atoms with E-state index in [4.69, 9.17) is 28.3 Å². The highest BCUT2D eigenvalue weighted by Gasteiger charge is 1.94. The second kappa shape index (κ2) is 19.7. The quantitative estimate of drug-likeness (QED) is 0.194. The van der Waals surface area contributed by atoms with Gasteiger partial charge in [-0.1, -0.05) is 68.4 Å². The topological polar surface area (TPSA) is 148 Å². The lowest BCUT2D eigenvalue weighted by atomic mass is 10.2. The van der Waals surface area contributed by atoms with Crippen LogP contribution in [0.5, 0.6) is 0 Å². The highest BCUT2D eigenvalue weighted by atomic mass is 16.4. The standard InChI is InChI=1S/3C9H6O2.C2H4O2.C2H6O.C2H6/c3*10-9-6-5-7-3-1-2-4-8(7)11-9;1-2(3)4;1-2-3;1-2/h3*1-6H;1H3,(H,3,4);3H,2H2,1H3;1-2H3. The van der Waals surface area contributed by atoms with Crippen molar-refractivity contribution in [2.24, 2.45) is 0 Å². The van der Waals surface area contributed by atoms with Gasteiger partial charge in [0.05, 0.1) is 0 Å². The van der Waals surface area contributed by atoms with Gasteiger partial charge in [0, 0.05) is 47.9 Å². The third-order valence-electron chi connectivity index (χ3n) is 4.59. The van der Waals surface area contributed by atoms with Crippen molar-refractivity contribution in [3.05, 3.63) is 140 Å². The maximum atomic E-state index is 10.7. The molecule has 6 rings (SSSR count). The Morgan fingerprint density at radius 2 is 0.762 bits per heavy atom. The maximum Gasteiger partial charge on any atom is 0.336 e. The number of aliphatic hydroxyl groups excluding tert-OH is 1. The number of para-hydroxylation sites is 3. The molecule has 2 N–H and O–H groups in total. The number of aliphatic carboxylic acids is 1. The molecule has 9 heteroatoms. The molecule has 0 radical (unpaired) electrons. The Bertz CT molecular complexity index is 1610. The minimum Gasteiger partial charge on any atom is -0.481 e. The largest absolute Gasteiger partial charge is 0.481 e. The van der Waals surface area contributed by atoms with Crippen LogP contribution in [0.2, 0.25) is 0 Å². The van der Waals surface area contributed by atoms with E-state index < -0.39 is 5.97 Å². The predicted molar refractivity (Wildman–Crippen MR) is 165 cm³/mol. The number of hydrogen-bond donors (Lipinski definition) is 2. The van der Waals surface area contributed by atoms with Crippen LogP contribution in [0.15, 0.2) is 137 Å². The molecular weight excluding hydrogens is 540 g/mol. The molecular formula is C33H34O9. The highest BCUT2D eigenvalue weighted by molar-refractivity contribution is 5.77. The molecule has 0 spiro atoms. The van der Waals surface area contributed by atoms with Gasteiger partial charge in [0.25, 0.3) is 5.97 Å². The molecule has 0 saturated heterocycles. The molecule has 0 fully saturated rings. The zero-order valence-electron chi connectivity index (χ0n) is 23.9. The Kier molecular flexibility index (Phi) is 16.3. The second-order valence-corrected chi connectivity index (χ2v) is 7.71. The van der Waals surface area contributed by atoms with Gasteiger partial charge < -0.3 is 23.5 Å². The molecule has 3 heterocycles. The molecule has 9 nitrogen and oxygen atoms in total. The number of carbonyl (C=O) groups is 1. The normalized spacial score (nSPS) is 9.17.